The molecule has 0 radical (unpaired) electrons. The number of nitrogens with zero attached hydrogens (tertiary/aromatic N) is 1. The normalized spacial score (nSPS) is 23.0. The van der Waals surface area contributed by atoms with Crippen LogP contribution in [0.2, 0.25) is 0 Å². The van der Waals surface area contributed by atoms with Crippen molar-refractivity contribution in [1.29, 1.82) is 0 Å². The van der Waals surface area contributed by atoms with E-state index in [-0.39, 0.29) is 24.7 Å². The number of hydrogen-bond acceptors (Lipinski definition) is 4. The van der Waals surface area contributed by atoms with E-state index in [4.69, 9.17) is 9.84 Å². The van der Waals surface area contributed by atoms with Crippen LogP contribution in [0.1, 0.15) is 12.5 Å². The molecule has 6 heteroatoms. The van der Waals surface area contributed by atoms with Crippen molar-refractivity contribution in [3.8, 4) is 0 Å². The number of anilines is 1. The van der Waals surface area contributed by atoms with Crippen LogP contribution in [0.5, 0.6) is 0 Å². The molecule has 0 aromatic heterocycles. The number of aryl methyl sites for hydroxylation is 1. The Morgan fingerprint density at radius 3 is 3.00 bits per heavy atom. The average molecular weight is 357 g/mol. The predicted octanol–water partition coefficient (Wildman–Crippen LogP) is 1.78. The van der Waals surface area contributed by atoms with Crippen LogP contribution in [0, 0.1) is 6.92 Å². The van der Waals surface area contributed by atoms with E-state index in [0.717, 1.165) is 15.7 Å². The molecule has 1 heterocycles. The molecule has 0 spiro atoms. The highest BCUT2D eigenvalue weighted by molar-refractivity contribution is 9.10. The van der Waals surface area contributed by atoms with Crippen molar-refractivity contribution in [2.24, 2.45) is 0 Å². The van der Waals surface area contributed by atoms with Gasteiger partial charge in [0.1, 0.15) is 0 Å². The van der Waals surface area contributed by atoms with Crippen molar-refractivity contribution >= 4 is 27.5 Å². The lowest BCUT2D eigenvalue weighted by Crippen LogP contribution is -2.51. The van der Waals surface area contributed by atoms with Crippen molar-refractivity contribution in [1.82, 2.24) is 4.90 Å². The lowest BCUT2D eigenvalue weighted by Gasteiger charge is -2.36. The van der Waals surface area contributed by atoms with E-state index in [0.29, 0.717) is 19.7 Å². The zero-order valence-corrected chi connectivity index (χ0v) is 13.9. The summed E-state index contributed by atoms with van der Waals surface area (Å²) >= 11 is 3.45. The molecule has 1 amide bonds. The molecule has 2 N–H and O–H groups in total. The SMILES string of the molecule is Cc1ccc(NC(=O)CN2CC(CO)OCC2C)c(Br)c1. The van der Waals surface area contributed by atoms with Crippen molar-refractivity contribution < 1.29 is 14.6 Å². The first-order chi connectivity index (χ1) is 9.99. The number of morpholine rings is 1. The van der Waals surface area contributed by atoms with Gasteiger partial charge in [0.05, 0.1) is 31.5 Å². The van der Waals surface area contributed by atoms with E-state index >= 15 is 0 Å². The van der Waals surface area contributed by atoms with Gasteiger partial charge >= 0.3 is 0 Å². The van der Waals surface area contributed by atoms with Gasteiger partial charge in [0.15, 0.2) is 0 Å². The first kappa shape index (κ1) is 16.4. The van der Waals surface area contributed by atoms with Gasteiger partial charge in [0.25, 0.3) is 0 Å². The molecule has 5 nitrogen and oxygen atoms in total. The van der Waals surface area contributed by atoms with Gasteiger partial charge in [0, 0.05) is 17.1 Å². The van der Waals surface area contributed by atoms with Gasteiger partial charge in [-0.2, -0.15) is 0 Å². The minimum absolute atomic E-state index is 0.0195. The fourth-order valence-electron chi connectivity index (χ4n) is 2.30. The first-order valence-corrected chi connectivity index (χ1v) is 7.81. The van der Waals surface area contributed by atoms with E-state index in [1.54, 1.807) is 0 Å². The number of hydrogen-bond donors (Lipinski definition) is 2. The first-order valence-electron chi connectivity index (χ1n) is 7.02. The number of rotatable bonds is 4. The Labute approximate surface area is 133 Å². The molecule has 1 saturated heterocycles. The highest BCUT2D eigenvalue weighted by atomic mass is 79.9. The van der Waals surface area contributed by atoms with Crippen LogP contribution in [0.4, 0.5) is 5.69 Å². The summed E-state index contributed by atoms with van der Waals surface area (Å²) in [5.41, 5.74) is 1.90. The Morgan fingerprint density at radius 2 is 2.33 bits per heavy atom. The number of nitrogens with one attached hydrogen (secondary N) is 1. The number of ether oxygens (including phenoxy) is 1. The van der Waals surface area contributed by atoms with E-state index in [2.05, 4.69) is 21.2 Å². The average Bonchev–Trinajstić information content (AvgIpc) is 2.44. The molecule has 1 aliphatic rings. The van der Waals surface area contributed by atoms with Crippen LogP contribution in [-0.4, -0.2) is 54.4 Å². The van der Waals surface area contributed by atoms with Crippen LogP contribution in [-0.2, 0) is 9.53 Å². The largest absolute Gasteiger partial charge is 0.394 e. The Hall–Kier alpha value is -0.950. The number of carbonyl (C=O) groups is 1. The molecule has 0 saturated carbocycles. The second-order valence-electron chi connectivity index (χ2n) is 5.45. The molecule has 2 unspecified atom stereocenters. The summed E-state index contributed by atoms with van der Waals surface area (Å²) in [5.74, 6) is -0.0648. The van der Waals surface area contributed by atoms with Gasteiger partial charge in [-0.25, -0.2) is 0 Å². The van der Waals surface area contributed by atoms with Crippen LogP contribution in [0.15, 0.2) is 22.7 Å². The lowest BCUT2D eigenvalue weighted by molar-refractivity contribution is -0.122. The summed E-state index contributed by atoms with van der Waals surface area (Å²) in [5, 5.41) is 12.1. The van der Waals surface area contributed by atoms with E-state index in [1.165, 1.54) is 0 Å². The maximum absolute atomic E-state index is 12.2. The van der Waals surface area contributed by atoms with Crippen LogP contribution in [0.3, 0.4) is 0 Å². The van der Waals surface area contributed by atoms with Gasteiger partial charge in [0.2, 0.25) is 5.91 Å². The van der Waals surface area contributed by atoms with Gasteiger partial charge < -0.3 is 15.2 Å². The van der Waals surface area contributed by atoms with Crippen molar-refractivity contribution in [3.63, 3.8) is 0 Å². The quantitative estimate of drug-likeness (QED) is 0.863. The van der Waals surface area contributed by atoms with Gasteiger partial charge in [-0.1, -0.05) is 6.07 Å². The smallest absolute Gasteiger partial charge is 0.238 e. The molecule has 116 valence electrons. The predicted molar refractivity (Wildman–Crippen MR) is 85.4 cm³/mol. The van der Waals surface area contributed by atoms with Gasteiger partial charge in [-0.3, -0.25) is 9.69 Å². The third kappa shape index (κ3) is 4.51. The fourth-order valence-corrected chi connectivity index (χ4v) is 2.89. The van der Waals surface area contributed by atoms with Crippen LogP contribution in [0.25, 0.3) is 0 Å². The highest BCUT2D eigenvalue weighted by Gasteiger charge is 2.27. The van der Waals surface area contributed by atoms with E-state index < -0.39 is 0 Å². The summed E-state index contributed by atoms with van der Waals surface area (Å²) in [6.07, 6.45) is -0.208. The molecule has 1 aromatic carbocycles. The minimum atomic E-state index is -0.208. The zero-order valence-electron chi connectivity index (χ0n) is 12.3. The van der Waals surface area contributed by atoms with Crippen LogP contribution < -0.4 is 5.32 Å². The van der Waals surface area contributed by atoms with Crippen molar-refractivity contribution in [2.45, 2.75) is 26.0 Å². The van der Waals surface area contributed by atoms with Crippen molar-refractivity contribution in [2.75, 3.05) is 31.6 Å². The van der Waals surface area contributed by atoms with Crippen LogP contribution >= 0.6 is 15.9 Å². The van der Waals surface area contributed by atoms with E-state index in [1.807, 2.05) is 36.9 Å². The fraction of sp³-hybridized carbons (Fsp3) is 0.533. The van der Waals surface area contributed by atoms with Gasteiger partial charge in [-0.05, 0) is 47.5 Å². The monoisotopic (exact) mass is 356 g/mol. The second kappa shape index (κ2) is 7.35. The summed E-state index contributed by atoms with van der Waals surface area (Å²) in [7, 11) is 0. The Bertz CT molecular complexity index is 510. The van der Waals surface area contributed by atoms with E-state index in [9.17, 15) is 4.79 Å². The maximum Gasteiger partial charge on any atom is 0.238 e. The summed E-state index contributed by atoms with van der Waals surface area (Å²) in [6.45, 7) is 5.39. The highest BCUT2D eigenvalue weighted by Crippen LogP contribution is 2.23. The molecule has 21 heavy (non-hydrogen) atoms. The minimum Gasteiger partial charge on any atom is -0.394 e. The molecule has 1 aromatic rings. The molecular formula is C15H21BrN2O3. The summed E-state index contributed by atoms with van der Waals surface area (Å²) < 4.78 is 6.35. The number of aliphatic hydroxyl groups is 1. The topological polar surface area (TPSA) is 61.8 Å². The number of aliphatic hydroxyl groups excluding tert-OH is 1. The molecule has 1 aliphatic heterocycles. The number of carbonyl (C=O) groups excluding carboxylic acids is 1. The number of amides is 1. The number of halogens is 1. The molecule has 2 rings (SSSR count). The molecule has 0 aliphatic carbocycles. The number of benzene rings is 1. The lowest BCUT2D eigenvalue weighted by atomic mass is 10.2. The summed E-state index contributed by atoms with van der Waals surface area (Å²) in [6, 6.07) is 5.98. The Kier molecular flexibility index (Phi) is 5.75. The maximum atomic E-state index is 12.2. The molecule has 0 bridgehead atoms. The molecule has 2 atom stereocenters. The Morgan fingerprint density at radius 1 is 1.57 bits per heavy atom. The summed E-state index contributed by atoms with van der Waals surface area (Å²) in [4.78, 5) is 14.2. The van der Waals surface area contributed by atoms with Gasteiger partial charge in [-0.15, -0.1) is 0 Å². The third-order valence-electron chi connectivity index (χ3n) is 3.58. The Balaban J connectivity index is 1.94. The second-order valence-corrected chi connectivity index (χ2v) is 6.30. The zero-order chi connectivity index (χ0) is 15.4. The molecular weight excluding hydrogens is 336 g/mol. The van der Waals surface area contributed by atoms with Crippen molar-refractivity contribution in [3.05, 3.63) is 28.2 Å². The third-order valence-corrected chi connectivity index (χ3v) is 4.24. The standard InChI is InChI=1S/C15H21BrN2O3/c1-10-3-4-14(13(16)5-10)17-15(20)7-18-6-12(8-19)21-9-11(18)2/h3-5,11-12,19H,6-9H2,1-2H3,(H,17,20). The molecule has 1 fully saturated rings.